The summed E-state index contributed by atoms with van der Waals surface area (Å²) in [6.07, 6.45) is 0. The molecule has 0 bridgehead atoms. The zero-order valence-corrected chi connectivity index (χ0v) is 18.2. The summed E-state index contributed by atoms with van der Waals surface area (Å²) >= 11 is 5.92. The van der Waals surface area contributed by atoms with E-state index < -0.39 is 45.6 Å². The van der Waals surface area contributed by atoms with Gasteiger partial charge in [-0.15, -0.1) is 0 Å². The summed E-state index contributed by atoms with van der Waals surface area (Å²) in [7, 11) is -2.71. The van der Waals surface area contributed by atoms with Crippen LogP contribution in [0.1, 0.15) is 20.7 Å². The Labute approximate surface area is 188 Å². The first-order valence-corrected chi connectivity index (χ1v) is 10.9. The first kappa shape index (κ1) is 23.4. The normalized spacial score (nSPS) is 11.1. The summed E-state index contributed by atoms with van der Waals surface area (Å²) in [6, 6.07) is 13.6. The molecule has 0 aromatic heterocycles. The van der Waals surface area contributed by atoms with Crippen LogP contribution < -0.4 is 4.31 Å². The number of ketones is 1. The second-order valence-corrected chi connectivity index (χ2v) is 9.01. The molecule has 0 spiro atoms. The van der Waals surface area contributed by atoms with E-state index in [1.54, 1.807) is 18.2 Å². The Morgan fingerprint density at radius 2 is 1.72 bits per heavy atom. The third-order valence-corrected chi connectivity index (χ3v) is 6.48. The zero-order valence-electron chi connectivity index (χ0n) is 16.6. The van der Waals surface area contributed by atoms with Crippen molar-refractivity contribution in [2.24, 2.45) is 0 Å². The highest BCUT2D eigenvalue weighted by molar-refractivity contribution is 7.92. The van der Waals surface area contributed by atoms with Gasteiger partial charge in [0.25, 0.3) is 10.0 Å². The van der Waals surface area contributed by atoms with Crippen LogP contribution in [0.15, 0.2) is 71.6 Å². The number of carbonyl (C=O) groups excluding carboxylic acids is 2. The van der Waals surface area contributed by atoms with Crippen LogP contribution >= 0.6 is 11.6 Å². The van der Waals surface area contributed by atoms with Gasteiger partial charge in [-0.2, -0.15) is 0 Å². The van der Waals surface area contributed by atoms with Crippen LogP contribution in [0.4, 0.5) is 14.5 Å². The van der Waals surface area contributed by atoms with Crippen molar-refractivity contribution in [1.82, 2.24) is 0 Å². The quantitative estimate of drug-likeness (QED) is 0.368. The number of halogens is 3. The van der Waals surface area contributed by atoms with Gasteiger partial charge in [0.05, 0.1) is 21.7 Å². The first-order valence-electron chi connectivity index (χ1n) is 9.09. The van der Waals surface area contributed by atoms with Crippen molar-refractivity contribution >= 4 is 39.1 Å². The summed E-state index contributed by atoms with van der Waals surface area (Å²) in [5, 5.41) is 0.348. The number of rotatable bonds is 7. The predicted molar refractivity (Wildman–Crippen MR) is 114 cm³/mol. The van der Waals surface area contributed by atoms with Crippen LogP contribution in [0.25, 0.3) is 0 Å². The van der Waals surface area contributed by atoms with Crippen molar-refractivity contribution in [3.8, 4) is 0 Å². The van der Waals surface area contributed by atoms with Gasteiger partial charge in [-0.25, -0.2) is 22.0 Å². The lowest BCUT2D eigenvalue weighted by Gasteiger charge is -2.20. The Morgan fingerprint density at radius 3 is 2.44 bits per heavy atom. The molecule has 0 amide bonds. The Morgan fingerprint density at radius 1 is 1.00 bits per heavy atom. The average Bonchev–Trinajstić information content (AvgIpc) is 2.78. The number of nitrogens with zero attached hydrogens (tertiary/aromatic N) is 1. The summed E-state index contributed by atoms with van der Waals surface area (Å²) < 4.78 is 58.7. The van der Waals surface area contributed by atoms with Crippen molar-refractivity contribution in [1.29, 1.82) is 0 Å². The molecule has 3 aromatic rings. The molecule has 3 rings (SSSR count). The Balaban J connectivity index is 1.77. The fourth-order valence-corrected chi connectivity index (χ4v) is 4.17. The molecule has 32 heavy (non-hydrogen) atoms. The molecule has 166 valence electrons. The monoisotopic (exact) mass is 479 g/mol. The van der Waals surface area contributed by atoms with Gasteiger partial charge >= 0.3 is 5.97 Å². The molecule has 0 heterocycles. The van der Waals surface area contributed by atoms with E-state index in [0.29, 0.717) is 16.8 Å². The van der Waals surface area contributed by atoms with E-state index >= 15 is 0 Å². The van der Waals surface area contributed by atoms with Gasteiger partial charge in [0, 0.05) is 12.1 Å². The SMILES string of the molecule is CN(c1cccc(Cl)c1)S(=O)(=O)c1cccc(C(=O)OCC(=O)c2cc(F)ccc2F)c1. The maximum atomic E-state index is 13.7. The lowest BCUT2D eigenvalue weighted by Crippen LogP contribution is -2.26. The molecule has 0 aliphatic carbocycles. The zero-order chi connectivity index (χ0) is 23.5. The number of hydrogen-bond acceptors (Lipinski definition) is 5. The largest absolute Gasteiger partial charge is 0.454 e. The third-order valence-electron chi connectivity index (χ3n) is 4.46. The van der Waals surface area contributed by atoms with Crippen molar-refractivity contribution < 1.29 is 31.5 Å². The lowest BCUT2D eigenvalue weighted by molar-refractivity contribution is 0.0473. The molecule has 3 aromatic carbocycles. The van der Waals surface area contributed by atoms with Crippen molar-refractivity contribution in [3.05, 3.63) is 94.5 Å². The number of hydrogen-bond donors (Lipinski definition) is 0. The molecule has 0 atom stereocenters. The summed E-state index contributed by atoms with van der Waals surface area (Å²) in [4.78, 5) is 24.2. The van der Waals surface area contributed by atoms with E-state index in [-0.39, 0.29) is 10.5 Å². The number of sulfonamides is 1. The van der Waals surface area contributed by atoms with E-state index in [1.165, 1.54) is 31.3 Å². The minimum atomic E-state index is -4.04. The van der Waals surface area contributed by atoms with Crippen LogP contribution in [-0.4, -0.2) is 33.8 Å². The standard InChI is InChI=1S/C22H16ClF2NO5S/c1-26(17-6-3-5-15(23)11-17)32(29,30)18-7-2-4-14(10-18)22(28)31-13-21(27)19-12-16(24)8-9-20(19)25/h2-12H,13H2,1H3. The van der Waals surface area contributed by atoms with Crippen molar-refractivity contribution in [2.75, 3.05) is 18.0 Å². The van der Waals surface area contributed by atoms with Gasteiger partial charge in [0.1, 0.15) is 11.6 Å². The Kier molecular flexibility index (Phi) is 6.90. The molecule has 6 nitrogen and oxygen atoms in total. The van der Waals surface area contributed by atoms with E-state index in [1.807, 2.05) is 0 Å². The van der Waals surface area contributed by atoms with E-state index in [9.17, 15) is 26.8 Å². The fourth-order valence-electron chi connectivity index (χ4n) is 2.76. The highest BCUT2D eigenvalue weighted by atomic mass is 35.5. The number of carbonyl (C=O) groups is 2. The molecule has 0 radical (unpaired) electrons. The van der Waals surface area contributed by atoms with E-state index in [2.05, 4.69) is 0 Å². The van der Waals surface area contributed by atoms with E-state index in [4.69, 9.17) is 16.3 Å². The molecule has 10 heteroatoms. The minimum absolute atomic E-state index is 0.141. The van der Waals surface area contributed by atoms with Crippen LogP contribution in [0.2, 0.25) is 5.02 Å². The number of esters is 1. The Hall–Kier alpha value is -3.30. The van der Waals surface area contributed by atoms with Crippen LogP contribution in [0, 0.1) is 11.6 Å². The van der Waals surface area contributed by atoms with Gasteiger partial charge in [0.2, 0.25) is 5.78 Å². The van der Waals surface area contributed by atoms with Gasteiger partial charge in [-0.05, 0) is 54.6 Å². The number of Topliss-reactive ketones (excluding diaryl/α,β-unsaturated/α-hetero) is 1. The summed E-state index contributed by atoms with van der Waals surface area (Å²) in [5.41, 5.74) is -0.386. The molecule has 0 N–H and O–H groups in total. The molecule has 0 aliphatic heterocycles. The fraction of sp³-hybridized carbons (Fsp3) is 0.0909. The topological polar surface area (TPSA) is 80.8 Å². The smallest absolute Gasteiger partial charge is 0.338 e. The van der Waals surface area contributed by atoms with Crippen molar-refractivity contribution in [3.63, 3.8) is 0 Å². The minimum Gasteiger partial charge on any atom is -0.454 e. The maximum absolute atomic E-state index is 13.7. The van der Waals surface area contributed by atoms with E-state index in [0.717, 1.165) is 22.5 Å². The van der Waals surface area contributed by atoms with Gasteiger partial charge in [-0.3, -0.25) is 9.10 Å². The summed E-state index contributed by atoms with van der Waals surface area (Å²) in [6.45, 7) is -0.849. The third kappa shape index (κ3) is 5.12. The molecule has 0 unspecified atom stereocenters. The number of ether oxygens (including phenoxy) is 1. The molecule has 0 aliphatic rings. The van der Waals surface area contributed by atoms with Gasteiger partial charge in [0.15, 0.2) is 6.61 Å². The first-order chi connectivity index (χ1) is 15.1. The van der Waals surface area contributed by atoms with Gasteiger partial charge in [-0.1, -0.05) is 23.7 Å². The number of anilines is 1. The Bertz CT molecular complexity index is 1300. The maximum Gasteiger partial charge on any atom is 0.338 e. The molecule has 0 saturated carbocycles. The second-order valence-electron chi connectivity index (χ2n) is 6.60. The predicted octanol–water partition coefficient (Wildman–Crippen LogP) is 4.48. The second kappa shape index (κ2) is 9.46. The van der Waals surface area contributed by atoms with Crippen LogP contribution in [0.5, 0.6) is 0 Å². The molecular weight excluding hydrogens is 464 g/mol. The lowest BCUT2D eigenvalue weighted by atomic mass is 10.1. The van der Waals surface area contributed by atoms with Gasteiger partial charge < -0.3 is 4.74 Å². The molecular formula is C22H16ClF2NO5S. The summed E-state index contributed by atoms with van der Waals surface area (Å²) in [5.74, 6) is -3.72. The molecule has 0 fully saturated rings. The average molecular weight is 480 g/mol. The van der Waals surface area contributed by atoms with Crippen LogP contribution in [0.3, 0.4) is 0 Å². The van der Waals surface area contributed by atoms with Crippen molar-refractivity contribution in [2.45, 2.75) is 4.90 Å². The number of benzene rings is 3. The highest BCUT2D eigenvalue weighted by Gasteiger charge is 2.23. The van der Waals surface area contributed by atoms with Crippen LogP contribution in [-0.2, 0) is 14.8 Å². The molecule has 0 saturated heterocycles. The highest BCUT2D eigenvalue weighted by Crippen LogP contribution is 2.25.